The van der Waals surface area contributed by atoms with Crippen LogP contribution < -0.4 is 16.4 Å². The van der Waals surface area contributed by atoms with Gasteiger partial charge in [-0.05, 0) is 29.7 Å². The van der Waals surface area contributed by atoms with Gasteiger partial charge in [0.1, 0.15) is 0 Å². The molecule has 2 heterocycles. The Kier molecular flexibility index (Phi) is 6.76. The zero-order chi connectivity index (χ0) is 17.8. The topological polar surface area (TPSA) is 102 Å². The van der Waals surface area contributed by atoms with E-state index in [4.69, 9.17) is 5.73 Å². The summed E-state index contributed by atoms with van der Waals surface area (Å²) < 4.78 is 1.76. The Morgan fingerprint density at radius 3 is 2.88 bits per heavy atom. The Morgan fingerprint density at radius 1 is 1.38 bits per heavy atom. The lowest BCUT2D eigenvalue weighted by Gasteiger charge is -2.17. The molecule has 0 unspecified atom stereocenters. The molecule has 3 rings (SSSR count). The number of nitrogens with two attached hydrogens (primary N) is 1. The maximum Gasteiger partial charge on any atom is 0.248 e. The number of aromatic nitrogens is 2. The predicted octanol–water partition coefficient (Wildman–Crippen LogP) is 0.603. The van der Waals surface area contributed by atoms with Gasteiger partial charge >= 0.3 is 0 Å². The molecule has 1 saturated heterocycles. The predicted molar refractivity (Wildman–Crippen MR) is 101 cm³/mol. The third-order valence-electron chi connectivity index (χ3n) is 4.63. The molecule has 0 bridgehead atoms. The van der Waals surface area contributed by atoms with E-state index in [1.807, 2.05) is 25.5 Å². The van der Waals surface area contributed by atoms with Gasteiger partial charge < -0.3 is 16.4 Å². The van der Waals surface area contributed by atoms with E-state index in [1.165, 1.54) is 0 Å². The second kappa shape index (κ2) is 8.82. The van der Waals surface area contributed by atoms with Crippen LogP contribution in [-0.4, -0.2) is 41.2 Å². The van der Waals surface area contributed by atoms with Crippen molar-refractivity contribution in [3.05, 3.63) is 53.3 Å². The molecule has 1 aromatic heterocycles. The summed E-state index contributed by atoms with van der Waals surface area (Å²) in [7, 11) is 1.88. The molecule has 1 aromatic carbocycles. The van der Waals surface area contributed by atoms with Crippen LogP contribution in [0.2, 0.25) is 0 Å². The summed E-state index contributed by atoms with van der Waals surface area (Å²) in [6.45, 7) is 1.98. The van der Waals surface area contributed by atoms with Gasteiger partial charge in [-0.15, -0.1) is 12.4 Å². The van der Waals surface area contributed by atoms with E-state index < -0.39 is 5.91 Å². The Bertz CT molecular complexity index is 776. The second-order valence-electron chi connectivity index (χ2n) is 6.42. The highest BCUT2D eigenvalue weighted by Crippen LogP contribution is 2.27. The summed E-state index contributed by atoms with van der Waals surface area (Å²) in [5, 5.41) is 10.5. The first-order valence-electron chi connectivity index (χ1n) is 8.40. The van der Waals surface area contributed by atoms with E-state index >= 15 is 0 Å². The fraction of sp³-hybridized carbons (Fsp3) is 0.389. The fourth-order valence-electron chi connectivity index (χ4n) is 3.28. The first kappa shape index (κ1) is 19.9. The number of hydrogen-bond acceptors (Lipinski definition) is 4. The number of benzene rings is 1. The van der Waals surface area contributed by atoms with Crippen molar-refractivity contribution in [2.45, 2.75) is 12.3 Å². The molecule has 7 nitrogen and oxygen atoms in total. The van der Waals surface area contributed by atoms with Crippen LogP contribution in [0.1, 0.15) is 27.4 Å². The van der Waals surface area contributed by atoms with Crippen LogP contribution in [0, 0.1) is 5.92 Å². The molecule has 4 N–H and O–H groups in total. The Labute approximate surface area is 158 Å². The van der Waals surface area contributed by atoms with E-state index in [9.17, 15) is 9.59 Å². The number of nitrogens with zero attached hydrogens (tertiary/aromatic N) is 2. The Balaban J connectivity index is 0.00000243. The van der Waals surface area contributed by atoms with Gasteiger partial charge in [0.2, 0.25) is 11.8 Å². The third kappa shape index (κ3) is 4.62. The van der Waals surface area contributed by atoms with Crippen molar-refractivity contribution < 1.29 is 9.59 Å². The lowest BCUT2D eigenvalue weighted by Crippen LogP contribution is -2.35. The fourth-order valence-corrected chi connectivity index (χ4v) is 3.28. The van der Waals surface area contributed by atoms with Crippen molar-refractivity contribution in [3.63, 3.8) is 0 Å². The molecule has 2 atom stereocenters. The third-order valence-corrected chi connectivity index (χ3v) is 4.63. The van der Waals surface area contributed by atoms with Crippen molar-refractivity contribution >= 4 is 24.2 Å². The minimum absolute atomic E-state index is 0. The van der Waals surface area contributed by atoms with Crippen LogP contribution in [0.15, 0.2) is 36.7 Å². The largest absolute Gasteiger partial charge is 0.366 e. The van der Waals surface area contributed by atoms with E-state index in [0.29, 0.717) is 25.1 Å². The highest BCUT2D eigenvalue weighted by Gasteiger charge is 2.34. The number of halogens is 1. The van der Waals surface area contributed by atoms with Crippen molar-refractivity contribution in [2.24, 2.45) is 18.7 Å². The van der Waals surface area contributed by atoms with E-state index in [2.05, 4.69) is 15.7 Å². The first-order valence-corrected chi connectivity index (χ1v) is 8.40. The summed E-state index contributed by atoms with van der Waals surface area (Å²) in [4.78, 5) is 23.8. The number of primary amides is 1. The molecule has 1 aliphatic rings. The summed E-state index contributed by atoms with van der Waals surface area (Å²) in [5.74, 6) is -0.347. The molecule has 1 fully saturated rings. The Hall–Kier alpha value is -2.38. The van der Waals surface area contributed by atoms with Gasteiger partial charge in [-0.1, -0.05) is 12.1 Å². The zero-order valence-electron chi connectivity index (χ0n) is 14.6. The number of carbonyl (C=O) groups excluding carboxylic acids is 2. The zero-order valence-corrected chi connectivity index (χ0v) is 15.5. The Morgan fingerprint density at radius 2 is 2.19 bits per heavy atom. The number of hydrogen-bond donors (Lipinski definition) is 3. The number of aryl methyl sites for hydroxylation is 1. The minimum Gasteiger partial charge on any atom is -0.366 e. The smallest absolute Gasteiger partial charge is 0.248 e. The average molecular weight is 378 g/mol. The summed E-state index contributed by atoms with van der Waals surface area (Å²) >= 11 is 0. The maximum absolute atomic E-state index is 12.5. The van der Waals surface area contributed by atoms with Crippen molar-refractivity contribution in [1.29, 1.82) is 0 Å². The van der Waals surface area contributed by atoms with Crippen LogP contribution in [0.25, 0.3) is 0 Å². The molecule has 0 saturated carbocycles. The van der Waals surface area contributed by atoms with Gasteiger partial charge in [-0.25, -0.2) is 0 Å². The van der Waals surface area contributed by atoms with Crippen molar-refractivity contribution in [2.75, 3.05) is 19.6 Å². The van der Waals surface area contributed by atoms with E-state index in [1.54, 1.807) is 22.9 Å². The summed E-state index contributed by atoms with van der Waals surface area (Å²) in [6, 6.07) is 7.18. The van der Waals surface area contributed by atoms with Crippen LogP contribution in [0.3, 0.4) is 0 Å². The molecular weight excluding hydrogens is 354 g/mol. The van der Waals surface area contributed by atoms with E-state index in [-0.39, 0.29) is 30.2 Å². The van der Waals surface area contributed by atoms with Gasteiger partial charge in [0.05, 0.1) is 12.1 Å². The lowest BCUT2D eigenvalue weighted by atomic mass is 9.90. The number of amides is 2. The average Bonchev–Trinajstić information content (AvgIpc) is 3.23. The molecular formula is C18H24ClN5O2. The van der Waals surface area contributed by atoms with Gasteiger partial charge in [0.25, 0.3) is 0 Å². The molecule has 26 heavy (non-hydrogen) atoms. The van der Waals surface area contributed by atoms with Crippen LogP contribution in [0.4, 0.5) is 0 Å². The van der Waals surface area contributed by atoms with Crippen molar-refractivity contribution in [3.8, 4) is 0 Å². The second-order valence-corrected chi connectivity index (χ2v) is 6.42. The SMILES string of the molecule is Cl.Cn1cc([C@H]2CNC[C@@H]2C(=O)NCCc2cccc(C(N)=O)c2)cn1. The highest BCUT2D eigenvalue weighted by molar-refractivity contribution is 5.92. The van der Waals surface area contributed by atoms with Gasteiger partial charge in [0.15, 0.2) is 0 Å². The van der Waals surface area contributed by atoms with Crippen LogP contribution >= 0.6 is 12.4 Å². The minimum atomic E-state index is -0.442. The molecule has 0 radical (unpaired) electrons. The van der Waals surface area contributed by atoms with Gasteiger partial charge in [-0.2, -0.15) is 5.10 Å². The van der Waals surface area contributed by atoms with Gasteiger partial charge in [0, 0.05) is 44.4 Å². The molecule has 0 aliphatic carbocycles. The lowest BCUT2D eigenvalue weighted by molar-refractivity contribution is -0.124. The van der Waals surface area contributed by atoms with Crippen LogP contribution in [0.5, 0.6) is 0 Å². The monoisotopic (exact) mass is 377 g/mol. The van der Waals surface area contributed by atoms with Crippen LogP contribution in [-0.2, 0) is 18.3 Å². The van der Waals surface area contributed by atoms with Gasteiger partial charge in [-0.3, -0.25) is 14.3 Å². The highest BCUT2D eigenvalue weighted by atomic mass is 35.5. The van der Waals surface area contributed by atoms with Crippen molar-refractivity contribution in [1.82, 2.24) is 20.4 Å². The first-order chi connectivity index (χ1) is 12.0. The number of nitrogens with one attached hydrogen (secondary N) is 2. The maximum atomic E-state index is 12.5. The molecule has 1 aliphatic heterocycles. The summed E-state index contributed by atoms with van der Waals surface area (Å²) in [5.41, 5.74) is 7.84. The normalized spacial score (nSPS) is 19.0. The molecule has 2 aromatic rings. The quantitative estimate of drug-likeness (QED) is 0.686. The summed E-state index contributed by atoms with van der Waals surface area (Å²) in [6.07, 6.45) is 4.45. The standard InChI is InChI=1S/C18H23N5O2.ClH/c1-23-11-14(8-22-23)15-9-20-10-16(15)18(25)21-6-5-12-3-2-4-13(7-12)17(19)24;/h2-4,7-8,11,15-16,20H,5-6,9-10H2,1H3,(H2,19,24)(H,21,25);1H/t15-,16+;/m1./s1. The van der Waals surface area contributed by atoms with E-state index in [0.717, 1.165) is 17.7 Å². The molecule has 0 spiro atoms. The number of carbonyl (C=O) groups is 2. The molecule has 140 valence electrons. The molecule has 8 heteroatoms. The molecule has 2 amide bonds. The number of rotatable bonds is 6.